The first-order valence-corrected chi connectivity index (χ1v) is 9.72. The van der Waals surface area contributed by atoms with Crippen molar-refractivity contribution < 1.29 is 0 Å². The molecule has 3 nitrogen and oxygen atoms in total. The summed E-state index contributed by atoms with van der Waals surface area (Å²) in [6.45, 7) is 3.07. The molecule has 5 heteroatoms. The number of anilines is 1. The highest BCUT2D eigenvalue weighted by Gasteiger charge is 2.10. The van der Waals surface area contributed by atoms with Crippen molar-refractivity contribution in [1.82, 2.24) is 9.97 Å². The van der Waals surface area contributed by atoms with Crippen LogP contribution in [0.4, 0.5) is 5.82 Å². The lowest BCUT2D eigenvalue weighted by molar-refractivity contribution is 0.843. The van der Waals surface area contributed by atoms with Gasteiger partial charge in [-0.15, -0.1) is 11.3 Å². The fourth-order valence-corrected chi connectivity index (χ4v) is 3.90. The Kier molecular flexibility index (Phi) is 5.16. The number of nitrogens with one attached hydrogen (secondary N) is 1. The quantitative estimate of drug-likeness (QED) is 0.449. The zero-order valence-electron chi connectivity index (χ0n) is 13.1. The van der Waals surface area contributed by atoms with Crippen LogP contribution in [-0.4, -0.2) is 22.8 Å². The molecule has 2 heterocycles. The van der Waals surface area contributed by atoms with Crippen LogP contribution in [0.1, 0.15) is 30.6 Å². The number of hydrogen-bond acceptors (Lipinski definition) is 5. The fraction of sp³-hybridized carbons (Fsp3) is 0.412. The van der Waals surface area contributed by atoms with Crippen molar-refractivity contribution in [2.24, 2.45) is 0 Å². The van der Waals surface area contributed by atoms with Crippen molar-refractivity contribution in [1.29, 1.82) is 0 Å². The Balaban J connectivity index is 1.65. The topological polar surface area (TPSA) is 37.8 Å². The molecule has 0 unspecified atom stereocenters. The largest absolute Gasteiger partial charge is 0.369 e. The molecule has 1 aliphatic rings. The third kappa shape index (κ3) is 3.70. The molecule has 116 valence electrons. The molecule has 0 saturated carbocycles. The summed E-state index contributed by atoms with van der Waals surface area (Å²) >= 11 is 3.33. The minimum atomic E-state index is 0.842. The van der Waals surface area contributed by atoms with Gasteiger partial charge in [0.25, 0.3) is 0 Å². The summed E-state index contributed by atoms with van der Waals surface area (Å²) in [6.07, 6.45) is 13.6. The summed E-state index contributed by atoms with van der Waals surface area (Å²) < 4.78 is 0. The van der Waals surface area contributed by atoms with Gasteiger partial charge in [-0.2, -0.15) is 0 Å². The van der Waals surface area contributed by atoms with Gasteiger partial charge in [-0.25, -0.2) is 9.97 Å². The Morgan fingerprint density at radius 2 is 2.23 bits per heavy atom. The third-order valence-electron chi connectivity index (χ3n) is 3.68. The molecule has 0 aliphatic heterocycles. The van der Waals surface area contributed by atoms with Crippen LogP contribution in [0.2, 0.25) is 0 Å². The Bertz CT molecular complexity index is 716. The van der Waals surface area contributed by atoms with Gasteiger partial charge in [-0.1, -0.05) is 35.6 Å². The second kappa shape index (κ2) is 7.29. The van der Waals surface area contributed by atoms with E-state index >= 15 is 0 Å². The lowest BCUT2D eigenvalue weighted by Crippen LogP contribution is -2.05. The average Bonchev–Trinajstić information content (AvgIpc) is 2.92. The van der Waals surface area contributed by atoms with Gasteiger partial charge in [0, 0.05) is 11.4 Å². The number of thioether (sulfide) groups is 1. The Morgan fingerprint density at radius 3 is 3.00 bits per heavy atom. The van der Waals surface area contributed by atoms with Crippen LogP contribution < -0.4 is 5.32 Å². The number of fused-ring (bicyclic) bond motifs is 1. The van der Waals surface area contributed by atoms with E-state index in [1.54, 1.807) is 23.1 Å². The standard InChI is InChI=1S/C17H21N3S2/c1-12-11-14-15(19-17(21-2)20-16(14)22-12)18-10-6-9-13-7-4-3-5-8-13/h4,7-8,11H,3,5-6,9-10H2,1-2H3,(H,18,19,20). The molecule has 0 atom stereocenters. The maximum atomic E-state index is 4.64. The maximum Gasteiger partial charge on any atom is 0.190 e. The van der Waals surface area contributed by atoms with Crippen LogP contribution in [0.15, 0.2) is 35.0 Å². The summed E-state index contributed by atoms with van der Waals surface area (Å²) in [5.74, 6) is 0.979. The highest BCUT2D eigenvalue weighted by molar-refractivity contribution is 7.98. The van der Waals surface area contributed by atoms with E-state index in [1.165, 1.54) is 23.3 Å². The predicted octanol–water partition coefficient (Wildman–Crippen LogP) is 5.19. The van der Waals surface area contributed by atoms with E-state index in [4.69, 9.17) is 0 Å². The first-order valence-electron chi connectivity index (χ1n) is 7.68. The molecule has 3 rings (SSSR count). The minimum absolute atomic E-state index is 0.842. The number of nitrogens with zero attached hydrogens (tertiary/aromatic N) is 2. The molecular formula is C17H21N3S2. The first-order chi connectivity index (χ1) is 10.8. The molecule has 0 bridgehead atoms. The van der Waals surface area contributed by atoms with Crippen molar-refractivity contribution in [3.05, 3.63) is 34.7 Å². The van der Waals surface area contributed by atoms with Gasteiger partial charge in [0.05, 0.1) is 5.39 Å². The maximum absolute atomic E-state index is 4.64. The minimum Gasteiger partial charge on any atom is -0.369 e. The van der Waals surface area contributed by atoms with E-state index in [0.717, 1.165) is 40.6 Å². The lowest BCUT2D eigenvalue weighted by Gasteiger charge is -2.09. The van der Waals surface area contributed by atoms with E-state index in [2.05, 4.69) is 46.5 Å². The number of rotatable bonds is 6. The van der Waals surface area contributed by atoms with Crippen molar-refractivity contribution in [3.63, 3.8) is 0 Å². The molecule has 0 spiro atoms. The van der Waals surface area contributed by atoms with Gasteiger partial charge < -0.3 is 5.32 Å². The Hall–Kier alpha value is -1.33. The fourth-order valence-electron chi connectivity index (χ4n) is 2.60. The highest BCUT2D eigenvalue weighted by atomic mass is 32.2. The van der Waals surface area contributed by atoms with E-state index in [0.29, 0.717) is 0 Å². The summed E-state index contributed by atoms with van der Waals surface area (Å²) in [5.41, 5.74) is 1.47. The number of aryl methyl sites for hydroxylation is 1. The number of thiophene rings is 1. The van der Waals surface area contributed by atoms with Gasteiger partial charge in [0.2, 0.25) is 0 Å². The zero-order valence-corrected chi connectivity index (χ0v) is 14.7. The monoisotopic (exact) mass is 331 g/mol. The molecule has 0 amide bonds. The normalized spacial score (nSPS) is 14.4. The number of aromatic nitrogens is 2. The van der Waals surface area contributed by atoms with Crippen LogP contribution in [-0.2, 0) is 0 Å². The molecular weight excluding hydrogens is 310 g/mol. The van der Waals surface area contributed by atoms with E-state index < -0.39 is 0 Å². The van der Waals surface area contributed by atoms with Crippen LogP contribution in [0.5, 0.6) is 0 Å². The summed E-state index contributed by atoms with van der Waals surface area (Å²) in [4.78, 5) is 11.6. The van der Waals surface area contributed by atoms with Crippen molar-refractivity contribution >= 4 is 39.1 Å². The van der Waals surface area contributed by atoms with E-state index in [9.17, 15) is 0 Å². The molecule has 0 fully saturated rings. The van der Waals surface area contributed by atoms with Crippen molar-refractivity contribution in [2.75, 3.05) is 18.1 Å². The average molecular weight is 332 g/mol. The lowest BCUT2D eigenvalue weighted by atomic mass is 10.0. The smallest absolute Gasteiger partial charge is 0.190 e. The first kappa shape index (κ1) is 15.6. The molecule has 22 heavy (non-hydrogen) atoms. The molecule has 0 aromatic carbocycles. The molecule has 1 N–H and O–H groups in total. The Labute approximate surface area is 139 Å². The van der Waals surface area contributed by atoms with E-state index in [1.807, 2.05) is 6.26 Å². The molecule has 0 saturated heterocycles. The van der Waals surface area contributed by atoms with Crippen molar-refractivity contribution in [3.8, 4) is 0 Å². The van der Waals surface area contributed by atoms with Crippen LogP contribution in [0, 0.1) is 6.92 Å². The summed E-state index contributed by atoms with van der Waals surface area (Å²) in [6, 6.07) is 2.18. The number of hydrogen-bond donors (Lipinski definition) is 1. The van der Waals surface area contributed by atoms with Gasteiger partial charge in [0.1, 0.15) is 10.6 Å². The van der Waals surface area contributed by atoms with Gasteiger partial charge in [-0.05, 0) is 44.9 Å². The van der Waals surface area contributed by atoms with Gasteiger partial charge in [0.15, 0.2) is 5.16 Å². The second-order valence-corrected chi connectivity index (χ2v) is 7.43. The summed E-state index contributed by atoms with van der Waals surface area (Å²) in [5, 5.41) is 5.50. The predicted molar refractivity (Wildman–Crippen MR) is 98.1 cm³/mol. The van der Waals surface area contributed by atoms with E-state index in [-0.39, 0.29) is 0 Å². The van der Waals surface area contributed by atoms with Gasteiger partial charge >= 0.3 is 0 Å². The third-order valence-corrected chi connectivity index (χ3v) is 5.18. The summed E-state index contributed by atoms with van der Waals surface area (Å²) in [7, 11) is 0. The Morgan fingerprint density at radius 1 is 1.32 bits per heavy atom. The van der Waals surface area contributed by atoms with Crippen LogP contribution >= 0.6 is 23.1 Å². The second-order valence-electron chi connectivity index (χ2n) is 5.42. The SMILES string of the molecule is CSc1nc(NCCCC2=CCCC=C2)c2cc(C)sc2n1. The molecule has 2 aromatic rings. The zero-order chi connectivity index (χ0) is 15.4. The van der Waals surface area contributed by atoms with Crippen molar-refractivity contribution in [2.45, 2.75) is 37.8 Å². The number of allylic oxidation sites excluding steroid dienone is 4. The van der Waals surface area contributed by atoms with Crippen LogP contribution in [0.25, 0.3) is 10.2 Å². The molecule has 0 radical (unpaired) electrons. The van der Waals surface area contributed by atoms with Gasteiger partial charge in [-0.3, -0.25) is 0 Å². The molecule has 1 aliphatic carbocycles. The highest BCUT2D eigenvalue weighted by Crippen LogP contribution is 2.30. The van der Waals surface area contributed by atoms with Crippen LogP contribution in [0.3, 0.4) is 0 Å². The molecule has 2 aromatic heterocycles.